The maximum atomic E-state index is 12.8. The summed E-state index contributed by atoms with van der Waals surface area (Å²) in [6.45, 7) is 5.24. The molecule has 1 aromatic carbocycles. The number of carbonyl (C=O) groups is 2. The highest BCUT2D eigenvalue weighted by Gasteiger charge is 2.27. The Bertz CT molecular complexity index is 817. The second kappa shape index (κ2) is 8.49. The Labute approximate surface area is 158 Å². The molecule has 1 aliphatic heterocycles. The summed E-state index contributed by atoms with van der Waals surface area (Å²) in [6.07, 6.45) is 0.752. The van der Waals surface area contributed by atoms with Crippen LogP contribution in [0.15, 0.2) is 24.3 Å². The van der Waals surface area contributed by atoms with Crippen molar-refractivity contribution < 1.29 is 14.3 Å². The summed E-state index contributed by atoms with van der Waals surface area (Å²) in [5.41, 5.74) is 1.42. The highest BCUT2D eigenvalue weighted by atomic mass is 16.5. The van der Waals surface area contributed by atoms with Gasteiger partial charge >= 0.3 is 0 Å². The Kier molecular flexibility index (Phi) is 6.08. The predicted molar refractivity (Wildman–Crippen MR) is 103 cm³/mol. The highest BCUT2D eigenvalue weighted by molar-refractivity contribution is 6.05. The van der Waals surface area contributed by atoms with Crippen LogP contribution < -0.4 is 16.0 Å². The molecular weight excluding hydrogens is 346 g/mol. The van der Waals surface area contributed by atoms with Crippen molar-refractivity contribution >= 4 is 22.7 Å². The second-order valence-electron chi connectivity index (χ2n) is 7.10. The summed E-state index contributed by atoms with van der Waals surface area (Å²) in [6, 6.07) is 8.08. The lowest BCUT2D eigenvalue weighted by Crippen LogP contribution is -2.36. The number of aromatic nitrogens is 2. The van der Waals surface area contributed by atoms with Gasteiger partial charge in [0.05, 0.1) is 12.1 Å². The molecule has 2 amide bonds. The first-order valence-electron chi connectivity index (χ1n) is 9.29. The molecule has 27 heavy (non-hydrogen) atoms. The van der Waals surface area contributed by atoms with Gasteiger partial charge in [-0.2, -0.15) is 5.10 Å². The van der Waals surface area contributed by atoms with Crippen LogP contribution in [0.1, 0.15) is 36.8 Å². The van der Waals surface area contributed by atoms with E-state index in [9.17, 15) is 9.59 Å². The lowest BCUT2D eigenvalue weighted by molar-refractivity contribution is -0.125. The van der Waals surface area contributed by atoms with Gasteiger partial charge in [-0.25, -0.2) is 0 Å². The van der Waals surface area contributed by atoms with Gasteiger partial charge in [0.2, 0.25) is 5.91 Å². The molecule has 0 unspecified atom stereocenters. The fraction of sp³-hybridized carbons (Fsp3) is 0.526. The lowest BCUT2D eigenvalue weighted by atomic mass is 10.1. The van der Waals surface area contributed by atoms with Gasteiger partial charge in [0.1, 0.15) is 6.61 Å². The lowest BCUT2D eigenvalue weighted by Gasteiger charge is -2.12. The topological polar surface area (TPSA) is 97.3 Å². The Balaban J connectivity index is 1.60. The smallest absolute Gasteiger partial charge is 0.272 e. The third kappa shape index (κ3) is 4.45. The summed E-state index contributed by atoms with van der Waals surface area (Å²) >= 11 is 0. The first-order valence-corrected chi connectivity index (χ1v) is 9.29. The number of nitrogens with one attached hydrogen (secondary N) is 3. The number of ether oxygens (including phenoxy) is 1. The summed E-state index contributed by atoms with van der Waals surface area (Å²) < 4.78 is 7.27. The van der Waals surface area contributed by atoms with Crippen LogP contribution in [0.4, 0.5) is 0 Å². The highest BCUT2D eigenvalue weighted by Crippen LogP contribution is 2.22. The largest absolute Gasteiger partial charge is 0.370 e. The average molecular weight is 373 g/mol. The van der Waals surface area contributed by atoms with Crippen molar-refractivity contribution in [1.82, 2.24) is 25.7 Å². The van der Waals surface area contributed by atoms with E-state index in [1.54, 1.807) is 7.05 Å². The van der Waals surface area contributed by atoms with Crippen molar-refractivity contribution in [2.24, 2.45) is 0 Å². The number of likely N-dealkylation sites (N-methyl/N-ethyl adjacent to an activating group) is 1. The monoisotopic (exact) mass is 373 g/mol. The standard InChI is InChI=1S/C19H27N5O3/c1-12(2)24-16-7-5-4-6-15(16)18(23-24)19(26)22-13-8-14(21-9-13)10-27-11-17(25)20-3/h4-7,12-14,21H,8-11H2,1-3H3,(H,20,25)(H,22,26)/t13-,14-/m0/s1. The molecule has 0 bridgehead atoms. The van der Waals surface area contributed by atoms with E-state index in [1.165, 1.54) is 0 Å². The Hall–Kier alpha value is -2.45. The summed E-state index contributed by atoms with van der Waals surface area (Å²) in [5, 5.41) is 14.3. The normalized spacial score (nSPS) is 19.6. The third-order valence-corrected chi connectivity index (χ3v) is 4.71. The van der Waals surface area contributed by atoms with Crippen LogP contribution in [0.5, 0.6) is 0 Å². The quantitative estimate of drug-likeness (QED) is 0.668. The number of nitrogens with zero attached hydrogens (tertiary/aromatic N) is 2. The number of fused-ring (bicyclic) bond motifs is 1. The van der Waals surface area contributed by atoms with Gasteiger partial charge < -0.3 is 20.7 Å². The molecule has 0 saturated carbocycles. The zero-order chi connectivity index (χ0) is 19.4. The van der Waals surface area contributed by atoms with Gasteiger partial charge in [0.15, 0.2) is 5.69 Å². The molecule has 2 aromatic rings. The third-order valence-electron chi connectivity index (χ3n) is 4.71. The number of benzene rings is 1. The van der Waals surface area contributed by atoms with Crippen molar-refractivity contribution in [2.45, 2.75) is 38.4 Å². The van der Waals surface area contributed by atoms with Crippen LogP contribution in [0.25, 0.3) is 10.9 Å². The van der Waals surface area contributed by atoms with E-state index in [2.05, 4.69) is 21.0 Å². The second-order valence-corrected chi connectivity index (χ2v) is 7.10. The molecule has 2 atom stereocenters. The van der Waals surface area contributed by atoms with Crippen LogP contribution >= 0.6 is 0 Å². The first-order chi connectivity index (χ1) is 13.0. The molecule has 146 valence electrons. The summed E-state index contributed by atoms with van der Waals surface area (Å²) in [5.74, 6) is -0.310. The van der Waals surface area contributed by atoms with Gasteiger partial charge in [-0.15, -0.1) is 0 Å². The van der Waals surface area contributed by atoms with Crippen LogP contribution in [0.2, 0.25) is 0 Å². The zero-order valence-electron chi connectivity index (χ0n) is 16.0. The minimum absolute atomic E-state index is 0.00839. The number of amides is 2. The average Bonchev–Trinajstić information content (AvgIpc) is 3.26. The Morgan fingerprint density at radius 3 is 2.89 bits per heavy atom. The number of rotatable bonds is 7. The van der Waals surface area contributed by atoms with Crippen molar-refractivity contribution in [1.29, 1.82) is 0 Å². The first kappa shape index (κ1) is 19.3. The van der Waals surface area contributed by atoms with Crippen LogP contribution in [0, 0.1) is 0 Å². The Morgan fingerprint density at radius 1 is 1.37 bits per heavy atom. The van der Waals surface area contributed by atoms with Gasteiger partial charge in [0.25, 0.3) is 5.91 Å². The molecule has 1 saturated heterocycles. The van der Waals surface area contributed by atoms with Crippen LogP contribution in [-0.4, -0.2) is 60.5 Å². The van der Waals surface area contributed by atoms with Crippen LogP contribution in [-0.2, 0) is 9.53 Å². The number of carbonyl (C=O) groups excluding carboxylic acids is 2. The molecule has 2 heterocycles. The minimum Gasteiger partial charge on any atom is -0.370 e. The maximum Gasteiger partial charge on any atom is 0.272 e. The molecular formula is C19H27N5O3. The predicted octanol–water partition coefficient (Wildman–Crippen LogP) is 0.840. The van der Waals surface area contributed by atoms with Crippen molar-refractivity contribution in [3.8, 4) is 0 Å². The molecule has 1 aromatic heterocycles. The van der Waals surface area contributed by atoms with Gasteiger partial charge in [-0.3, -0.25) is 14.3 Å². The van der Waals surface area contributed by atoms with Crippen molar-refractivity contribution in [3.63, 3.8) is 0 Å². The minimum atomic E-state index is -0.163. The van der Waals surface area contributed by atoms with E-state index in [-0.39, 0.29) is 36.5 Å². The van der Waals surface area contributed by atoms with Crippen molar-refractivity contribution in [2.75, 3.05) is 26.8 Å². The van der Waals surface area contributed by atoms with E-state index in [1.807, 2.05) is 42.8 Å². The SMILES string of the molecule is CNC(=O)COC[C@@H]1C[C@H](NC(=O)c2nn(C(C)C)c3ccccc23)CN1. The van der Waals surface area contributed by atoms with Gasteiger partial charge in [-0.05, 0) is 26.3 Å². The maximum absolute atomic E-state index is 12.8. The molecule has 3 N–H and O–H groups in total. The molecule has 0 spiro atoms. The molecule has 0 aliphatic carbocycles. The van der Waals surface area contributed by atoms with E-state index < -0.39 is 0 Å². The van der Waals surface area contributed by atoms with E-state index >= 15 is 0 Å². The van der Waals surface area contributed by atoms with E-state index in [4.69, 9.17) is 4.74 Å². The van der Waals surface area contributed by atoms with Gasteiger partial charge in [-0.1, -0.05) is 18.2 Å². The molecule has 8 nitrogen and oxygen atoms in total. The summed E-state index contributed by atoms with van der Waals surface area (Å²) in [7, 11) is 1.58. The van der Waals surface area contributed by atoms with Gasteiger partial charge in [0, 0.05) is 37.1 Å². The molecule has 1 fully saturated rings. The number of para-hydroxylation sites is 1. The van der Waals surface area contributed by atoms with E-state index in [0.717, 1.165) is 17.3 Å². The number of hydrogen-bond donors (Lipinski definition) is 3. The molecule has 8 heteroatoms. The fourth-order valence-corrected chi connectivity index (χ4v) is 3.33. The van der Waals surface area contributed by atoms with E-state index in [0.29, 0.717) is 18.8 Å². The Morgan fingerprint density at radius 2 is 2.15 bits per heavy atom. The molecule has 3 rings (SSSR count). The molecule has 0 radical (unpaired) electrons. The fourth-order valence-electron chi connectivity index (χ4n) is 3.33. The van der Waals surface area contributed by atoms with Crippen LogP contribution in [0.3, 0.4) is 0 Å². The van der Waals surface area contributed by atoms with Crippen molar-refractivity contribution in [3.05, 3.63) is 30.0 Å². The molecule has 1 aliphatic rings. The number of hydrogen-bond acceptors (Lipinski definition) is 5. The zero-order valence-corrected chi connectivity index (χ0v) is 16.0. The summed E-state index contributed by atoms with van der Waals surface area (Å²) in [4.78, 5) is 24.0.